The van der Waals surface area contributed by atoms with Gasteiger partial charge < -0.3 is 4.57 Å². The Bertz CT molecular complexity index is 2090. The number of aromatic nitrogens is 2. The van der Waals surface area contributed by atoms with Crippen LogP contribution in [-0.2, 0) is 21.1 Å². The van der Waals surface area contributed by atoms with Crippen LogP contribution in [0, 0.1) is 19.0 Å². The smallest absolute Gasteiger partial charge is 0.145 e. The average molecular weight is 766 g/mol. The second-order valence-electron chi connectivity index (χ2n) is 12.3. The second-order valence-corrected chi connectivity index (χ2v) is 16.7. The van der Waals surface area contributed by atoms with Crippen LogP contribution in [0.15, 0.2) is 97.2 Å². The van der Waals surface area contributed by atoms with Gasteiger partial charge in [-0.1, -0.05) is 48.9 Å². The number of hydrogen-bond acceptors (Lipinski definition) is 3. The maximum Gasteiger partial charge on any atom is 0.145 e. The number of aryl methyl sites for hydroxylation is 1. The van der Waals surface area contributed by atoms with Gasteiger partial charge in [0.1, 0.15) is 22.7 Å². The zero-order valence-corrected chi connectivity index (χ0v) is 28.1. The molecule has 7 rings (SSSR count). The van der Waals surface area contributed by atoms with Crippen molar-refractivity contribution in [2.45, 2.75) is 46.3 Å². The summed E-state index contributed by atoms with van der Waals surface area (Å²) in [6, 6.07) is 37.9. The number of nitrogens with zero attached hydrogens (tertiary/aromatic N) is 4. The summed E-state index contributed by atoms with van der Waals surface area (Å²) >= 11 is 0. The SMILES string of the molecule is [2H]C([2H])([2H])c1ccnc(-n2c3[c-]c([Si](C)(C)c4[c-]c(N5[OH+]N(C(C)(C)C)c6ccccc65)ccc4)ccc3c3ccccc32)c1.[Pt]. The van der Waals surface area contributed by atoms with E-state index >= 15 is 0 Å². The minimum atomic E-state index is -2.33. The number of hydrogen-bond donors (Lipinski definition) is 0. The summed E-state index contributed by atoms with van der Waals surface area (Å²) in [6.07, 6.45) is 1.57. The third kappa shape index (κ3) is 4.92. The van der Waals surface area contributed by atoms with Gasteiger partial charge in [-0.05, 0) is 68.9 Å². The van der Waals surface area contributed by atoms with Crippen LogP contribution < -0.4 is 20.5 Å². The molecule has 43 heavy (non-hydrogen) atoms. The Morgan fingerprint density at radius 3 is 2.35 bits per heavy atom. The Labute approximate surface area is 273 Å². The second kappa shape index (κ2) is 10.8. The first-order chi connectivity index (χ1) is 21.3. The minimum Gasteiger partial charge on any atom is -0.319 e. The number of pyridine rings is 1. The molecule has 1 aliphatic rings. The standard InChI is InChI=1S/C36H34N4OSi.Pt/c1-25-20-21-37-35(22-25)38-31-15-8-7-14-29(31)30-19-18-28(24-34(30)38)42(5,6)27-13-11-12-26(23-27)39-32-16-9-10-17-33(32)40(41-39)36(2,3)4;/h7-22H,1-6H3;/q-2;/p+1/i1D3;. The summed E-state index contributed by atoms with van der Waals surface area (Å²) in [6.45, 7) is 8.88. The van der Waals surface area contributed by atoms with Crippen LogP contribution >= 0.6 is 0 Å². The fourth-order valence-electron chi connectivity index (χ4n) is 5.81. The van der Waals surface area contributed by atoms with E-state index in [9.17, 15) is 0 Å². The molecule has 5 nitrogen and oxygen atoms in total. The van der Waals surface area contributed by atoms with Gasteiger partial charge in [0, 0.05) is 42.6 Å². The van der Waals surface area contributed by atoms with Gasteiger partial charge in [-0.3, -0.25) is 0 Å². The van der Waals surface area contributed by atoms with Gasteiger partial charge >= 0.3 is 0 Å². The van der Waals surface area contributed by atoms with Gasteiger partial charge in [-0.2, -0.15) is 51.7 Å². The molecule has 2 aromatic heterocycles. The van der Waals surface area contributed by atoms with Crippen LogP contribution in [0.25, 0.3) is 27.6 Å². The summed E-state index contributed by atoms with van der Waals surface area (Å²) in [4.78, 5) is 9.64. The predicted octanol–water partition coefficient (Wildman–Crippen LogP) is 7.50. The van der Waals surface area contributed by atoms with Crippen molar-refractivity contribution in [3.05, 3.63) is 115 Å². The summed E-state index contributed by atoms with van der Waals surface area (Å²) in [5.41, 5.74) is 4.92. The first-order valence-corrected chi connectivity index (χ1v) is 17.2. The van der Waals surface area contributed by atoms with Gasteiger partial charge in [-0.25, -0.2) is 4.98 Å². The number of fused-ring (bicyclic) bond motifs is 4. The Balaban J connectivity index is 0.00000372. The summed E-state index contributed by atoms with van der Waals surface area (Å²) in [5.74, 6) is 0.564. The Morgan fingerprint density at radius 1 is 0.814 bits per heavy atom. The quantitative estimate of drug-likeness (QED) is 0.106. The first kappa shape index (κ1) is 25.8. The fraction of sp³-hybridized carbons (Fsp3) is 0.194. The molecular weight excluding hydrogens is 728 g/mol. The topological polar surface area (TPSA) is 37.1 Å². The Hall–Kier alpha value is -3.70. The molecule has 0 saturated heterocycles. The molecule has 1 N–H and O–H groups in total. The molecule has 1 aliphatic heterocycles. The molecular formula is C36H35N4OPtSi-. The molecule has 7 heteroatoms. The third-order valence-electron chi connectivity index (χ3n) is 8.07. The largest absolute Gasteiger partial charge is 0.319 e. The van der Waals surface area contributed by atoms with Crippen molar-refractivity contribution in [1.29, 1.82) is 0 Å². The van der Waals surface area contributed by atoms with Crippen LogP contribution in [-0.4, -0.2) is 28.1 Å². The minimum absolute atomic E-state index is 0. The number of rotatable bonds is 4. The Morgan fingerprint density at radius 2 is 1.56 bits per heavy atom. The fourth-order valence-corrected chi connectivity index (χ4v) is 7.98. The van der Waals surface area contributed by atoms with Crippen molar-refractivity contribution in [2.24, 2.45) is 0 Å². The zero-order chi connectivity index (χ0) is 31.7. The zero-order valence-electron chi connectivity index (χ0n) is 27.8. The maximum absolute atomic E-state index is 7.97. The van der Waals surface area contributed by atoms with E-state index in [1.165, 1.54) is 0 Å². The van der Waals surface area contributed by atoms with Crippen molar-refractivity contribution < 1.29 is 30.1 Å². The molecule has 0 spiro atoms. The van der Waals surface area contributed by atoms with E-state index in [2.05, 4.69) is 105 Å². The molecule has 0 saturated carbocycles. The van der Waals surface area contributed by atoms with Gasteiger partial charge in [0.05, 0.1) is 8.07 Å². The predicted molar refractivity (Wildman–Crippen MR) is 177 cm³/mol. The van der Waals surface area contributed by atoms with Gasteiger partial charge in [0.15, 0.2) is 0 Å². The Kier molecular flexibility index (Phi) is 6.46. The number of anilines is 3. The first-order valence-electron chi connectivity index (χ1n) is 15.7. The third-order valence-corrected chi connectivity index (χ3v) is 11.3. The van der Waals surface area contributed by atoms with Crippen LogP contribution in [0.1, 0.15) is 30.4 Å². The number of benzene rings is 4. The van der Waals surface area contributed by atoms with Gasteiger partial charge in [-0.15, -0.1) is 21.6 Å². The summed E-state index contributed by atoms with van der Waals surface area (Å²) < 4.78 is 25.9. The summed E-state index contributed by atoms with van der Waals surface area (Å²) in [5, 5.41) is 8.44. The van der Waals surface area contributed by atoms with Gasteiger partial charge in [0.25, 0.3) is 0 Å². The summed E-state index contributed by atoms with van der Waals surface area (Å²) in [7, 11) is -2.33. The molecule has 220 valence electrons. The molecule has 0 radical (unpaired) electrons. The maximum atomic E-state index is 7.97. The van der Waals surface area contributed by atoms with E-state index in [1.807, 2.05) is 40.0 Å². The van der Waals surface area contributed by atoms with E-state index in [4.69, 9.17) is 9.05 Å². The van der Waals surface area contributed by atoms with Crippen LogP contribution in [0.5, 0.6) is 0 Å². The van der Waals surface area contributed by atoms with Crippen LogP contribution in [0.3, 0.4) is 0 Å². The van der Waals surface area contributed by atoms with E-state index in [-0.39, 0.29) is 32.2 Å². The molecule has 0 bridgehead atoms. The van der Waals surface area contributed by atoms with Crippen molar-refractivity contribution >= 4 is 57.3 Å². The van der Waals surface area contributed by atoms with E-state index in [0.717, 1.165) is 49.2 Å². The molecule has 0 atom stereocenters. The van der Waals surface area contributed by atoms with Crippen molar-refractivity contribution in [2.75, 3.05) is 10.1 Å². The van der Waals surface area contributed by atoms with E-state index < -0.39 is 14.9 Å². The molecule has 0 aliphatic carbocycles. The average Bonchev–Trinajstić information content (AvgIpc) is 3.57. The number of hydroxylamine groups is 1. The molecule has 3 heterocycles. The molecule has 0 amide bonds. The van der Waals surface area contributed by atoms with Crippen molar-refractivity contribution in [3.63, 3.8) is 0 Å². The molecule has 4 aromatic carbocycles. The monoisotopic (exact) mass is 765 g/mol. The van der Waals surface area contributed by atoms with Crippen molar-refractivity contribution in [1.82, 2.24) is 9.55 Å². The molecule has 0 unspecified atom stereocenters. The molecule has 0 fully saturated rings. The molecule has 6 aromatic rings. The van der Waals surface area contributed by atoms with Crippen LogP contribution in [0.2, 0.25) is 13.1 Å². The van der Waals surface area contributed by atoms with Gasteiger partial charge in [0.2, 0.25) is 0 Å². The normalized spacial score (nSPS) is 14.8. The van der Waals surface area contributed by atoms with Crippen LogP contribution in [0.4, 0.5) is 17.1 Å². The number of para-hydroxylation sites is 3. The van der Waals surface area contributed by atoms with E-state index in [1.54, 1.807) is 18.3 Å². The van der Waals surface area contributed by atoms with E-state index in [0.29, 0.717) is 5.82 Å². The van der Waals surface area contributed by atoms with Crippen molar-refractivity contribution in [3.8, 4) is 5.82 Å².